The summed E-state index contributed by atoms with van der Waals surface area (Å²) in [5.74, 6) is -1.04. The number of hydrogen-bond donors (Lipinski definition) is 3. The average molecular weight is 299 g/mol. The average Bonchev–Trinajstić information content (AvgIpc) is 2.81. The summed E-state index contributed by atoms with van der Waals surface area (Å²) in [5.41, 5.74) is 5.80. The highest BCUT2D eigenvalue weighted by Gasteiger charge is 2.32. The SMILES string of the molecule is COC(=O)C(C[C@@H]1CCNC1=O)NC(=O)C(N)CC(C)C. The van der Waals surface area contributed by atoms with Gasteiger partial charge >= 0.3 is 5.97 Å². The van der Waals surface area contributed by atoms with Gasteiger partial charge in [0.25, 0.3) is 0 Å². The van der Waals surface area contributed by atoms with Crippen LogP contribution in [-0.4, -0.2) is 43.5 Å². The minimum atomic E-state index is -0.838. The molecule has 0 aromatic rings. The third kappa shape index (κ3) is 5.34. The van der Waals surface area contributed by atoms with E-state index in [0.29, 0.717) is 19.4 Å². The van der Waals surface area contributed by atoms with E-state index in [1.807, 2.05) is 13.8 Å². The van der Waals surface area contributed by atoms with Gasteiger partial charge in [-0.1, -0.05) is 13.8 Å². The predicted octanol–water partition coefficient (Wildman–Crippen LogP) is -0.456. The molecule has 120 valence electrons. The van der Waals surface area contributed by atoms with Crippen molar-refractivity contribution < 1.29 is 19.1 Å². The summed E-state index contributed by atoms with van der Waals surface area (Å²) in [7, 11) is 1.25. The molecule has 0 saturated carbocycles. The maximum absolute atomic E-state index is 12.0. The summed E-state index contributed by atoms with van der Waals surface area (Å²) in [6.07, 6.45) is 1.42. The van der Waals surface area contributed by atoms with Crippen LogP contribution in [0, 0.1) is 11.8 Å². The molecule has 0 aromatic heterocycles. The Morgan fingerprint density at radius 1 is 1.48 bits per heavy atom. The van der Waals surface area contributed by atoms with Crippen LogP contribution in [0.2, 0.25) is 0 Å². The lowest BCUT2D eigenvalue weighted by molar-refractivity contribution is -0.146. The molecule has 1 saturated heterocycles. The summed E-state index contributed by atoms with van der Waals surface area (Å²) in [6.45, 7) is 4.53. The molecule has 7 nitrogen and oxygen atoms in total. The van der Waals surface area contributed by atoms with Crippen LogP contribution in [0.3, 0.4) is 0 Å². The topological polar surface area (TPSA) is 111 Å². The lowest BCUT2D eigenvalue weighted by Crippen LogP contribution is -2.50. The second kappa shape index (κ2) is 7.97. The molecule has 1 rings (SSSR count). The number of methoxy groups -OCH3 is 1. The van der Waals surface area contributed by atoms with Crippen LogP contribution in [0.15, 0.2) is 0 Å². The van der Waals surface area contributed by atoms with Crippen molar-refractivity contribution in [1.82, 2.24) is 10.6 Å². The van der Waals surface area contributed by atoms with Gasteiger partial charge in [-0.2, -0.15) is 0 Å². The molecular formula is C14H25N3O4. The first-order valence-corrected chi connectivity index (χ1v) is 7.26. The zero-order chi connectivity index (χ0) is 16.0. The largest absolute Gasteiger partial charge is 0.467 e. The van der Waals surface area contributed by atoms with Crippen molar-refractivity contribution in [1.29, 1.82) is 0 Å². The summed E-state index contributed by atoms with van der Waals surface area (Å²) in [6, 6.07) is -1.51. The van der Waals surface area contributed by atoms with E-state index in [4.69, 9.17) is 10.5 Å². The number of carbonyl (C=O) groups excluding carboxylic acids is 3. The monoisotopic (exact) mass is 299 g/mol. The number of amides is 2. The van der Waals surface area contributed by atoms with Gasteiger partial charge in [0.1, 0.15) is 6.04 Å². The molecule has 4 N–H and O–H groups in total. The van der Waals surface area contributed by atoms with Crippen molar-refractivity contribution in [2.24, 2.45) is 17.6 Å². The molecule has 2 amide bonds. The molecule has 0 aromatic carbocycles. The molecule has 7 heteroatoms. The Labute approximate surface area is 125 Å². The molecule has 1 aliphatic heterocycles. The third-order valence-electron chi connectivity index (χ3n) is 3.55. The van der Waals surface area contributed by atoms with Gasteiger partial charge in [-0.15, -0.1) is 0 Å². The van der Waals surface area contributed by atoms with Crippen molar-refractivity contribution in [2.75, 3.05) is 13.7 Å². The Balaban J connectivity index is 2.63. The van der Waals surface area contributed by atoms with E-state index < -0.39 is 24.0 Å². The van der Waals surface area contributed by atoms with Gasteiger partial charge in [-0.05, 0) is 25.2 Å². The number of esters is 1. The Bertz CT molecular complexity index is 398. The predicted molar refractivity (Wildman–Crippen MR) is 77.1 cm³/mol. The molecule has 0 aliphatic carbocycles. The van der Waals surface area contributed by atoms with Crippen molar-refractivity contribution in [3.63, 3.8) is 0 Å². The van der Waals surface area contributed by atoms with E-state index in [1.54, 1.807) is 0 Å². The van der Waals surface area contributed by atoms with Crippen LogP contribution in [0.4, 0.5) is 0 Å². The van der Waals surface area contributed by atoms with E-state index >= 15 is 0 Å². The first kappa shape index (κ1) is 17.4. The molecule has 0 spiro atoms. The van der Waals surface area contributed by atoms with E-state index in [9.17, 15) is 14.4 Å². The molecule has 2 unspecified atom stereocenters. The minimum absolute atomic E-state index is 0.0929. The first-order valence-electron chi connectivity index (χ1n) is 7.26. The zero-order valence-corrected chi connectivity index (χ0v) is 12.8. The van der Waals surface area contributed by atoms with E-state index in [0.717, 1.165) is 0 Å². The second-order valence-corrected chi connectivity index (χ2v) is 5.83. The van der Waals surface area contributed by atoms with Crippen molar-refractivity contribution in [3.8, 4) is 0 Å². The highest BCUT2D eigenvalue weighted by molar-refractivity contribution is 5.88. The molecule has 1 fully saturated rings. The van der Waals surface area contributed by atoms with Crippen LogP contribution in [-0.2, 0) is 19.1 Å². The number of carbonyl (C=O) groups is 3. The van der Waals surface area contributed by atoms with Gasteiger partial charge < -0.3 is 21.1 Å². The minimum Gasteiger partial charge on any atom is -0.467 e. The normalized spacial score (nSPS) is 20.8. The summed E-state index contributed by atoms with van der Waals surface area (Å²) >= 11 is 0. The fourth-order valence-electron chi connectivity index (χ4n) is 2.40. The van der Waals surface area contributed by atoms with Crippen LogP contribution < -0.4 is 16.4 Å². The number of nitrogens with one attached hydrogen (secondary N) is 2. The third-order valence-corrected chi connectivity index (χ3v) is 3.55. The molecule has 0 bridgehead atoms. The number of hydrogen-bond acceptors (Lipinski definition) is 5. The van der Waals surface area contributed by atoms with Crippen molar-refractivity contribution in [2.45, 2.75) is 45.2 Å². The summed E-state index contributed by atoms with van der Waals surface area (Å²) < 4.78 is 4.69. The Kier molecular flexibility index (Phi) is 6.61. The van der Waals surface area contributed by atoms with Gasteiger partial charge in [0.05, 0.1) is 13.2 Å². The quantitative estimate of drug-likeness (QED) is 0.551. The number of ether oxygens (including phenoxy) is 1. The van der Waals surface area contributed by atoms with Crippen LogP contribution in [0.1, 0.15) is 33.1 Å². The Hall–Kier alpha value is -1.63. The van der Waals surface area contributed by atoms with Gasteiger partial charge in [0, 0.05) is 12.5 Å². The highest BCUT2D eigenvalue weighted by atomic mass is 16.5. The van der Waals surface area contributed by atoms with E-state index in [-0.39, 0.29) is 24.2 Å². The maximum Gasteiger partial charge on any atom is 0.328 e. The highest BCUT2D eigenvalue weighted by Crippen LogP contribution is 2.17. The van der Waals surface area contributed by atoms with Gasteiger partial charge in [-0.25, -0.2) is 4.79 Å². The molecular weight excluding hydrogens is 274 g/mol. The Morgan fingerprint density at radius 3 is 2.62 bits per heavy atom. The molecule has 1 aliphatic rings. The van der Waals surface area contributed by atoms with Gasteiger partial charge in [0.15, 0.2) is 0 Å². The summed E-state index contributed by atoms with van der Waals surface area (Å²) in [5, 5.41) is 5.31. The molecule has 3 atom stereocenters. The van der Waals surface area contributed by atoms with Crippen molar-refractivity contribution in [3.05, 3.63) is 0 Å². The fourth-order valence-corrected chi connectivity index (χ4v) is 2.40. The van der Waals surface area contributed by atoms with Crippen LogP contribution in [0.25, 0.3) is 0 Å². The smallest absolute Gasteiger partial charge is 0.328 e. The zero-order valence-electron chi connectivity index (χ0n) is 12.8. The number of nitrogens with two attached hydrogens (primary N) is 1. The van der Waals surface area contributed by atoms with Gasteiger partial charge in [-0.3, -0.25) is 9.59 Å². The molecule has 21 heavy (non-hydrogen) atoms. The fraction of sp³-hybridized carbons (Fsp3) is 0.786. The van der Waals surface area contributed by atoms with E-state index in [2.05, 4.69) is 10.6 Å². The lowest BCUT2D eigenvalue weighted by Gasteiger charge is -2.21. The van der Waals surface area contributed by atoms with E-state index in [1.165, 1.54) is 7.11 Å². The molecule has 1 heterocycles. The first-order chi connectivity index (χ1) is 9.85. The lowest BCUT2D eigenvalue weighted by atomic mass is 9.97. The van der Waals surface area contributed by atoms with Crippen molar-refractivity contribution >= 4 is 17.8 Å². The van der Waals surface area contributed by atoms with Crippen LogP contribution in [0.5, 0.6) is 0 Å². The molecule has 0 radical (unpaired) electrons. The number of rotatable bonds is 7. The standard InChI is InChI=1S/C14H25N3O4/c1-8(2)6-10(15)13(19)17-11(14(20)21-3)7-9-4-5-16-12(9)18/h8-11H,4-7,15H2,1-3H3,(H,16,18)(H,17,19)/t9-,10?,11?/m0/s1. The van der Waals surface area contributed by atoms with Gasteiger partial charge in [0.2, 0.25) is 11.8 Å². The maximum atomic E-state index is 12.0. The Morgan fingerprint density at radius 2 is 2.14 bits per heavy atom. The van der Waals surface area contributed by atoms with Crippen LogP contribution >= 0.6 is 0 Å². The summed E-state index contributed by atoms with van der Waals surface area (Å²) in [4.78, 5) is 35.4. The second-order valence-electron chi connectivity index (χ2n) is 5.83.